The average molecular weight is 262 g/mol. The Morgan fingerprint density at radius 2 is 1.72 bits per heavy atom. The fourth-order valence-corrected chi connectivity index (χ4v) is 3.77. The molecule has 0 radical (unpaired) electrons. The predicted molar refractivity (Wildman–Crippen MR) is 72.6 cm³/mol. The molecule has 1 unspecified atom stereocenters. The Morgan fingerprint density at radius 1 is 1.06 bits per heavy atom. The number of fused-ring (bicyclic) bond motifs is 3. The molecule has 4 heteroatoms. The van der Waals surface area contributed by atoms with Crippen molar-refractivity contribution in [1.82, 2.24) is 0 Å². The summed E-state index contributed by atoms with van der Waals surface area (Å²) in [6, 6.07) is 15.4. The lowest BCUT2D eigenvalue weighted by Gasteiger charge is -2.37. The van der Waals surface area contributed by atoms with Gasteiger partial charge in [-0.1, -0.05) is 36.4 Å². The van der Waals surface area contributed by atoms with Crippen molar-refractivity contribution in [1.29, 1.82) is 0 Å². The Bertz CT molecular complexity index is 585. The zero-order valence-corrected chi connectivity index (χ0v) is 10.8. The molecule has 0 saturated carbocycles. The van der Waals surface area contributed by atoms with Gasteiger partial charge in [0.15, 0.2) is 10.9 Å². The number of hydrogen-bond donors (Lipinski definition) is 1. The van der Waals surface area contributed by atoms with Gasteiger partial charge < -0.3 is 4.18 Å². The highest BCUT2D eigenvalue weighted by Crippen LogP contribution is 2.61. The third-order valence-corrected chi connectivity index (χ3v) is 4.69. The van der Waals surface area contributed by atoms with E-state index in [1.165, 1.54) is 0 Å². The van der Waals surface area contributed by atoms with Gasteiger partial charge >= 0.3 is 0 Å². The van der Waals surface area contributed by atoms with Gasteiger partial charge in [0.05, 0.1) is 11.5 Å². The van der Waals surface area contributed by atoms with E-state index in [-0.39, 0.29) is 0 Å². The van der Waals surface area contributed by atoms with E-state index in [0.29, 0.717) is 12.4 Å². The second kappa shape index (κ2) is 4.31. The first-order valence-corrected chi connectivity index (χ1v) is 7.26. The van der Waals surface area contributed by atoms with Crippen molar-refractivity contribution >= 4 is 10.9 Å². The van der Waals surface area contributed by atoms with Crippen LogP contribution in [0, 0.1) is 0 Å². The van der Waals surface area contributed by atoms with Gasteiger partial charge in [0.2, 0.25) is 0 Å². The minimum Gasteiger partial charge on any atom is -0.399 e. The second-order valence-corrected chi connectivity index (χ2v) is 5.75. The van der Waals surface area contributed by atoms with Gasteiger partial charge in [-0.3, -0.25) is 8.74 Å². The summed E-state index contributed by atoms with van der Waals surface area (Å²) < 4.78 is 21.8. The van der Waals surface area contributed by atoms with Crippen LogP contribution in [0.3, 0.4) is 0 Å². The van der Waals surface area contributed by atoms with Gasteiger partial charge in [-0.2, -0.15) is 0 Å². The molecule has 1 atom stereocenters. The molecule has 94 valence electrons. The van der Waals surface area contributed by atoms with Crippen LogP contribution in [-0.2, 0) is 4.18 Å². The van der Waals surface area contributed by atoms with Gasteiger partial charge in [0, 0.05) is 11.1 Å². The van der Waals surface area contributed by atoms with Gasteiger partial charge in [-0.05, 0) is 19.1 Å². The maximum absolute atomic E-state index is 10.6. The molecule has 2 aromatic rings. The van der Waals surface area contributed by atoms with Gasteiger partial charge in [-0.15, -0.1) is 0 Å². The van der Waals surface area contributed by atoms with E-state index < -0.39 is 10.9 Å². The highest BCUT2D eigenvalue weighted by Gasteiger charge is 2.35. The second-order valence-electron chi connectivity index (χ2n) is 3.96. The zero-order valence-electron chi connectivity index (χ0n) is 10.00. The molecular formula is C14H14O3S. The molecule has 1 aliphatic rings. The fraction of sp³-hybridized carbons (Fsp3) is 0.143. The summed E-state index contributed by atoms with van der Waals surface area (Å²) in [6.07, 6.45) is 0. The van der Waals surface area contributed by atoms with Crippen molar-refractivity contribution in [2.45, 2.75) is 11.8 Å². The lowest BCUT2D eigenvalue weighted by Crippen LogP contribution is -2.16. The highest BCUT2D eigenvalue weighted by molar-refractivity contribution is 8.21. The first-order chi connectivity index (χ1) is 8.74. The molecule has 3 nitrogen and oxygen atoms in total. The van der Waals surface area contributed by atoms with Crippen LogP contribution in [0.25, 0.3) is 11.1 Å². The molecule has 2 aromatic carbocycles. The molecule has 3 rings (SSSR count). The molecule has 1 N–H and O–H groups in total. The molecule has 1 heterocycles. The van der Waals surface area contributed by atoms with Crippen LogP contribution in [0.5, 0.6) is 5.75 Å². The summed E-state index contributed by atoms with van der Waals surface area (Å²) in [6.45, 7) is 2.25. The molecule has 0 bridgehead atoms. The van der Waals surface area contributed by atoms with Crippen LogP contribution in [0.4, 0.5) is 0 Å². The van der Waals surface area contributed by atoms with Crippen molar-refractivity contribution in [2.24, 2.45) is 0 Å². The van der Waals surface area contributed by atoms with Crippen LogP contribution in [-0.4, -0.2) is 11.2 Å². The van der Waals surface area contributed by atoms with Crippen molar-refractivity contribution in [3.63, 3.8) is 0 Å². The summed E-state index contributed by atoms with van der Waals surface area (Å²) in [5.41, 5.74) is 1.97. The van der Waals surface area contributed by atoms with Gasteiger partial charge in [0.1, 0.15) is 5.75 Å². The molecule has 0 fully saturated rings. The van der Waals surface area contributed by atoms with E-state index in [9.17, 15) is 4.55 Å². The number of para-hydroxylation sites is 1. The number of rotatable bonds is 2. The van der Waals surface area contributed by atoms with E-state index in [1.807, 2.05) is 55.5 Å². The summed E-state index contributed by atoms with van der Waals surface area (Å²) >= 11 is 0. The highest BCUT2D eigenvalue weighted by atomic mass is 32.3. The maximum Gasteiger partial charge on any atom is 0.164 e. The van der Waals surface area contributed by atoms with Crippen molar-refractivity contribution in [3.05, 3.63) is 48.5 Å². The van der Waals surface area contributed by atoms with Gasteiger partial charge in [-0.25, -0.2) is 0 Å². The molecular weight excluding hydrogens is 248 g/mol. The Kier molecular flexibility index (Phi) is 2.78. The SMILES string of the molecule is CCOS1(O)Oc2ccccc2-c2ccccc21. The molecule has 0 saturated heterocycles. The molecule has 0 amide bonds. The van der Waals surface area contributed by atoms with Crippen molar-refractivity contribution < 1.29 is 12.9 Å². The summed E-state index contributed by atoms with van der Waals surface area (Å²) in [5, 5.41) is 0. The molecule has 1 aliphatic heterocycles. The van der Waals surface area contributed by atoms with E-state index >= 15 is 0 Å². The van der Waals surface area contributed by atoms with Crippen LogP contribution < -0.4 is 4.18 Å². The average Bonchev–Trinajstić information content (AvgIpc) is 2.39. The minimum absolute atomic E-state index is 0.405. The molecule has 0 spiro atoms. The maximum atomic E-state index is 10.6. The normalized spacial score (nSPS) is 24.3. The standard InChI is InChI=1S/C14H14O3S/c1-2-16-18(15)14-10-6-4-8-12(14)11-7-3-5-9-13(11)17-18/h3-10,15H,2H2,1H3. The Labute approximate surface area is 108 Å². The molecule has 18 heavy (non-hydrogen) atoms. The van der Waals surface area contributed by atoms with E-state index in [0.717, 1.165) is 16.0 Å². The predicted octanol–water partition coefficient (Wildman–Crippen LogP) is 4.25. The third-order valence-electron chi connectivity index (χ3n) is 2.82. The summed E-state index contributed by atoms with van der Waals surface area (Å²) in [4.78, 5) is 0.727. The largest absolute Gasteiger partial charge is 0.399 e. The Morgan fingerprint density at radius 3 is 2.50 bits per heavy atom. The third kappa shape index (κ3) is 1.70. The molecule has 0 aromatic heterocycles. The van der Waals surface area contributed by atoms with Crippen LogP contribution in [0.15, 0.2) is 53.4 Å². The van der Waals surface area contributed by atoms with Crippen molar-refractivity contribution in [2.75, 3.05) is 6.61 Å². The quantitative estimate of drug-likeness (QED) is 0.879. The number of benzene rings is 2. The number of hydrogen-bond acceptors (Lipinski definition) is 3. The van der Waals surface area contributed by atoms with Crippen molar-refractivity contribution in [3.8, 4) is 16.9 Å². The van der Waals surface area contributed by atoms with Crippen LogP contribution in [0.1, 0.15) is 6.92 Å². The minimum atomic E-state index is -2.66. The summed E-state index contributed by atoms with van der Waals surface area (Å²) in [5.74, 6) is 0.669. The van der Waals surface area contributed by atoms with E-state index in [2.05, 4.69) is 0 Å². The zero-order chi connectivity index (χ0) is 12.6. The topological polar surface area (TPSA) is 38.7 Å². The smallest absolute Gasteiger partial charge is 0.164 e. The first-order valence-electron chi connectivity index (χ1n) is 5.82. The lowest BCUT2D eigenvalue weighted by atomic mass is 10.0. The summed E-state index contributed by atoms with van der Waals surface area (Å²) in [7, 11) is -2.66. The van der Waals surface area contributed by atoms with Crippen LogP contribution >= 0.6 is 10.9 Å². The lowest BCUT2D eigenvalue weighted by molar-refractivity contribution is 0.281. The van der Waals surface area contributed by atoms with E-state index in [4.69, 9.17) is 8.37 Å². The van der Waals surface area contributed by atoms with Crippen LogP contribution in [0.2, 0.25) is 0 Å². The van der Waals surface area contributed by atoms with Gasteiger partial charge in [0.25, 0.3) is 0 Å². The van der Waals surface area contributed by atoms with E-state index in [1.54, 1.807) is 0 Å². The first kappa shape index (κ1) is 11.6. The monoisotopic (exact) mass is 262 g/mol. The fourth-order valence-electron chi connectivity index (χ4n) is 2.09. The Hall–Kier alpha value is -1.49. The molecule has 0 aliphatic carbocycles. The Balaban J connectivity index is 2.23.